The molecule has 1 N–H and O–H groups in total. The fraction of sp³-hybridized carbons (Fsp3) is 0.312. The molecule has 2 rings (SSSR count). The second-order valence-electron chi connectivity index (χ2n) is 4.72. The average Bonchev–Trinajstić information content (AvgIpc) is 2.41. The Hall–Kier alpha value is -1.74. The van der Waals surface area contributed by atoms with E-state index in [0.717, 1.165) is 28.7 Å². The van der Waals surface area contributed by atoms with Crippen molar-refractivity contribution < 1.29 is 9.50 Å². The van der Waals surface area contributed by atoms with E-state index < -0.39 is 6.10 Å². The molecule has 0 spiro atoms. The maximum atomic E-state index is 13.1. The molecule has 0 aliphatic carbocycles. The van der Waals surface area contributed by atoms with Gasteiger partial charge in [-0.25, -0.2) is 4.39 Å². The summed E-state index contributed by atoms with van der Waals surface area (Å²) in [6.07, 6.45) is 4.22. The van der Waals surface area contributed by atoms with Crippen LogP contribution < -0.4 is 0 Å². The van der Waals surface area contributed by atoms with Gasteiger partial charge < -0.3 is 5.11 Å². The van der Waals surface area contributed by atoms with Crippen LogP contribution in [0.3, 0.4) is 0 Å². The van der Waals surface area contributed by atoms with Crippen molar-refractivity contribution in [1.82, 2.24) is 4.98 Å². The van der Waals surface area contributed by atoms with Crippen molar-refractivity contribution in [3.8, 4) is 0 Å². The van der Waals surface area contributed by atoms with E-state index in [9.17, 15) is 9.50 Å². The highest BCUT2D eigenvalue weighted by atomic mass is 19.1. The van der Waals surface area contributed by atoms with Crippen molar-refractivity contribution in [1.29, 1.82) is 0 Å². The Morgan fingerprint density at radius 3 is 2.74 bits per heavy atom. The molecule has 0 amide bonds. The van der Waals surface area contributed by atoms with Gasteiger partial charge in [-0.05, 0) is 53.8 Å². The number of aromatic nitrogens is 1. The Morgan fingerprint density at radius 2 is 2.05 bits per heavy atom. The number of hydrogen-bond acceptors (Lipinski definition) is 2. The molecule has 19 heavy (non-hydrogen) atoms. The van der Waals surface area contributed by atoms with Crippen molar-refractivity contribution in [3.63, 3.8) is 0 Å². The molecule has 2 nitrogen and oxygen atoms in total. The van der Waals surface area contributed by atoms with Gasteiger partial charge >= 0.3 is 0 Å². The van der Waals surface area contributed by atoms with Gasteiger partial charge in [0.15, 0.2) is 0 Å². The number of benzene rings is 1. The zero-order chi connectivity index (χ0) is 13.8. The number of aryl methyl sites for hydroxylation is 2. The molecule has 100 valence electrons. The third-order valence-corrected chi connectivity index (χ3v) is 3.40. The first-order valence-electron chi connectivity index (χ1n) is 6.47. The van der Waals surface area contributed by atoms with E-state index >= 15 is 0 Å². The molecule has 1 aromatic heterocycles. The number of pyridine rings is 1. The third-order valence-electron chi connectivity index (χ3n) is 3.40. The van der Waals surface area contributed by atoms with Crippen molar-refractivity contribution >= 4 is 0 Å². The van der Waals surface area contributed by atoms with E-state index in [4.69, 9.17) is 0 Å². The van der Waals surface area contributed by atoms with Crippen LogP contribution in [-0.2, 0) is 12.8 Å². The number of rotatable bonds is 4. The SMILES string of the molecule is CCc1cnccc1C(O)Cc1ccc(F)cc1C. The third kappa shape index (κ3) is 3.18. The number of hydrogen-bond donors (Lipinski definition) is 1. The molecular formula is C16H18FNO. The van der Waals surface area contributed by atoms with E-state index in [1.54, 1.807) is 18.5 Å². The molecule has 2 aromatic rings. The van der Waals surface area contributed by atoms with Gasteiger partial charge in [0, 0.05) is 18.8 Å². The maximum Gasteiger partial charge on any atom is 0.123 e. The minimum atomic E-state index is -0.581. The van der Waals surface area contributed by atoms with Crippen LogP contribution in [0, 0.1) is 12.7 Å². The summed E-state index contributed by atoms with van der Waals surface area (Å²) in [6, 6.07) is 6.51. The maximum absolute atomic E-state index is 13.1. The van der Waals surface area contributed by atoms with E-state index in [0.29, 0.717) is 6.42 Å². The van der Waals surface area contributed by atoms with Crippen molar-refractivity contribution in [2.75, 3.05) is 0 Å². The fourth-order valence-electron chi connectivity index (χ4n) is 2.26. The summed E-state index contributed by atoms with van der Waals surface area (Å²) in [4.78, 5) is 4.07. The fourth-order valence-corrected chi connectivity index (χ4v) is 2.26. The second kappa shape index (κ2) is 5.93. The van der Waals surface area contributed by atoms with Gasteiger partial charge in [-0.15, -0.1) is 0 Å². The van der Waals surface area contributed by atoms with E-state index in [1.165, 1.54) is 12.1 Å². The number of aliphatic hydroxyl groups excluding tert-OH is 1. The quantitative estimate of drug-likeness (QED) is 0.913. The lowest BCUT2D eigenvalue weighted by Gasteiger charge is -2.15. The van der Waals surface area contributed by atoms with Gasteiger partial charge in [-0.1, -0.05) is 13.0 Å². The highest BCUT2D eigenvalue weighted by molar-refractivity contribution is 5.31. The summed E-state index contributed by atoms with van der Waals surface area (Å²) in [5, 5.41) is 10.4. The van der Waals surface area contributed by atoms with Crippen LogP contribution in [-0.4, -0.2) is 10.1 Å². The number of nitrogens with zero attached hydrogens (tertiary/aromatic N) is 1. The normalized spacial score (nSPS) is 12.4. The highest BCUT2D eigenvalue weighted by Crippen LogP contribution is 2.23. The summed E-state index contributed by atoms with van der Waals surface area (Å²) in [5.41, 5.74) is 3.79. The van der Waals surface area contributed by atoms with Gasteiger partial charge in [-0.2, -0.15) is 0 Å². The van der Waals surface area contributed by atoms with Crippen LogP contribution in [0.2, 0.25) is 0 Å². The first kappa shape index (κ1) is 13.7. The van der Waals surface area contributed by atoms with Gasteiger partial charge in [0.25, 0.3) is 0 Å². The first-order chi connectivity index (χ1) is 9.11. The molecule has 1 aromatic carbocycles. The van der Waals surface area contributed by atoms with E-state index in [1.807, 2.05) is 19.9 Å². The summed E-state index contributed by atoms with van der Waals surface area (Å²) in [5.74, 6) is -0.242. The van der Waals surface area contributed by atoms with Crippen LogP contribution in [0.1, 0.15) is 35.3 Å². The lowest BCUT2D eigenvalue weighted by Crippen LogP contribution is -2.06. The predicted octanol–water partition coefficient (Wildman–Crippen LogP) is 3.37. The largest absolute Gasteiger partial charge is 0.388 e. The Labute approximate surface area is 112 Å². The van der Waals surface area contributed by atoms with E-state index in [-0.39, 0.29) is 5.82 Å². The zero-order valence-corrected chi connectivity index (χ0v) is 11.2. The summed E-state index contributed by atoms with van der Waals surface area (Å²) >= 11 is 0. The topological polar surface area (TPSA) is 33.1 Å². The molecule has 0 fully saturated rings. The highest BCUT2D eigenvalue weighted by Gasteiger charge is 2.13. The molecule has 0 saturated carbocycles. The molecule has 3 heteroatoms. The zero-order valence-electron chi connectivity index (χ0n) is 11.2. The minimum absolute atomic E-state index is 0.242. The summed E-state index contributed by atoms with van der Waals surface area (Å²) in [7, 11) is 0. The molecule has 0 aliphatic heterocycles. The van der Waals surface area contributed by atoms with Crippen LogP contribution in [0.25, 0.3) is 0 Å². The standard InChI is InChI=1S/C16H18FNO/c1-3-12-10-18-7-6-15(12)16(19)9-13-4-5-14(17)8-11(13)2/h4-8,10,16,19H,3,9H2,1-2H3. The molecule has 1 unspecified atom stereocenters. The van der Waals surface area contributed by atoms with Crippen molar-refractivity contribution in [3.05, 3.63) is 64.7 Å². The van der Waals surface area contributed by atoms with Gasteiger partial charge in [0.2, 0.25) is 0 Å². The lowest BCUT2D eigenvalue weighted by atomic mass is 9.95. The Balaban J connectivity index is 2.23. The predicted molar refractivity (Wildman–Crippen MR) is 73.4 cm³/mol. The molecular weight excluding hydrogens is 241 g/mol. The first-order valence-corrected chi connectivity index (χ1v) is 6.47. The molecule has 0 bridgehead atoms. The Kier molecular flexibility index (Phi) is 4.27. The number of halogens is 1. The monoisotopic (exact) mass is 259 g/mol. The van der Waals surface area contributed by atoms with Crippen LogP contribution in [0.4, 0.5) is 4.39 Å². The minimum Gasteiger partial charge on any atom is -0.388 e. The average molecular weight is 259 g/mol. The van der Waals surface area contributed by atoms with Crippen LogP contribution in [0.5, 0.6) is 0 Å². The van der Waals surface area contributed by atoms with E-state index in [2.05, 4.69) is 4.98 Å². The van der Waals surface area contributed by atoms with Crippen molar-refractivity contribution in [2.45, 2.75) is 32.8 Å². The van der Waals surface area contributed by atoms with Crippen molar-refractivity contribution in [2.24, 2.45) is 0 Å². The van der Waals surface area contributed by atoms with Gasteiger partial charge in [-0.3, -0.25) is 4.98 Å². The summed E-state index contributed by atoms with van der Waals surface area (Å²) < 4.78 is 13.1. The second-order valence-corrected chi connectivity index (χ2v) is 4.72. The Bertz CT molecular complexity index is 568. The smallest absolute Gasteiger partial charge is 0.123 e. The lowest BCUT2D eigenvalue weighted by molar-refractivity contribution is 0.177. The molecule has 1 heterocycles. The van der Waals surface area contributed by atoms with Crippen LogP contribution >= 0.6 is 0 Å². The molecule has 0 saturated heterocycles. The van der Waals surface area contributed by atoms with Gasteiger partial charge in [0.1, 0.15) is 5.82 Å². The number of aliphatic hydroxyl groups is 1. The molecule has 1 atom stereocenters. The molecule has 0 radical (unpaired) electrons. The van der Waals surface area contributed by atoms with Gasteiger partial charge in [0.05, 0.1) is 6.10 Å². The molecule has 0 aliphatic rings. The summed E-state index contributed by atoms with van der Waals surface area (Å²) in [6.45, 7) is 3.90. The Morgan fingerprint density at radius 1 is 1.26 bits per heavy atom. The van der Waals surface area contributed by atoms with Crippen LogP contribution in [0.15, 0.2) is 36.7 Å².